The summed E-state index contributed by atoms with van der Waals surface area (Å²) in [7, 11) is 0. The molecule has 1 spiro atoms. The number of rotatable bonds is 4. The van der Waals surface area contributed by atoms with E-state index < -0.39 is 0 Å². The van der Waals surface area contributed by atoms with Gasteiger partial charge in [-0.2, -0.15) is 0 Å². The van der Waals surface area contributed by atoms with Crippen LogP contribution in [0.5, 0.6) is 0 Å². The van der Waals surface area contributed by atoms with E-state index in [1.165, 1.54) is 69.3 Å². The monoisotopic (exact) mass is 342 g/mol. The molecule has 3 aliphatic rings. The molecule has 2 heterocycles. The molecule has 25 heavy (non-hydrogen) atoms. The van der Waals surface area contributed by atoms with E-state index in [1.54, 1.807) is 0 Å². The Morgan fingerprint density at radius 2 is 1.76 bits per heavy atom. The molecule has 2 saturated heterocycles. The first-order valence-corrected chi connectivity index (χ1v) is 10.5. The zero-order valence-electron chi connectivity index (χ0n) is 15.8. The van der Waals surface area contributed by atoms with Gasteiger partial charge in [-0.1, -0.05) is 25.5 Å². The minimum atomic E-state index is 0.547. The zero-order valence-corrected chi connectivity index (χ0v) is 15.8. The van der Waals surface area contributed by atoms with Gasteiger partial charge in [-0.3, -0.25) is 0 Å². The largest absolute Gasteiger partial charge is 0.381 e. The van der Waals surface area contributed by atoms with Crippen LogP contribution in [0.3, 0.4) is 0 Å². The third kappa shape index (κ3) is 3.73. The van der Waals surface area contributed by atoms with Crippen LogP contribution in [0.2, 0.25) is 0 Å². The fraction of sp³-hybridized carbons (Fsp3) is 0.727. The predicted molar refractivity (Wildman–Crippen MR) is 104 cm³/mol. The Morgan fingerprint density at radius 3 is 2.44 bits per heavy atom. The second-order valence-electron chi connectivity index (χ2n) is 8.37. The van der Waals surface area contributed by atoms with Gasteiger partial charge in [-0.15, -0.1) is 0 Å². The van der Waals surface area contributed by atoms with Crippen molar-refractivity contribution in [2.75, 3.05) is 31.2 Å². The first kappa shape index (κ1) is 17.4. The van der Waals surface area contributed by atoms with Crippen molar-refractivity contribution in [2.45, 2.75) is 70.4 Å². The molecule has 0 radical (unpaired) electrons. The number of ether oxygens (including phenoxy) is 1. The summed E-state index contributed by atoms with van der Waals surface area (Å²) in [4.78, 5) is 2.57. The van der Waals surface area contributed by atoms with E-state index in [1.807, 2.05) is 0 Å². The lowest BCUT2D eigenvalue weighted by atomic mass is 9.75. The maximum atomic E-state index is 5.64. The third-order valence-corrected chi connectivity index (χ3v) is 7.04. The second-order valence-corrected chi connectivity index (χ2v) is 8.37. The highest BCUT2D eigenvalue weighted by Crippen LogP contribution is 2.46. The van der Waals surface area contributed by atoms with Crippen LogP contribution in [0.4, 0.5) is 5.69 Å². The van der Waals surface area contributed by atoms with Crippen LogP contribution < -0.4 is 10.2 Å². The fourth-order valence-corrected chi connectivity index (χ4v) is 5.31. The number of nitrogens with one attached hydrogen (secondary N) is 1. The Hall–Kier alpha value is -1.06. The summed E-state index contributed by atoms with van der Waals surface area (Å²) in [6, 6.07) is 10.6. The van der Waals surface area contributed by atoms with Crippen molar-refractivity contribution in [1.29, 1.82) is 0 Å². The lowest BCUT2D eigenvalue weighted by molar-refractivity contribution is 0.00197. The van der Waals surface area contributed by atoms with E-state index in [9.17, 15) is 0 Å². The molecule has 2 aliphatic heterocycles. The highest BCUT2D eigenvalue weighted by molar-refractivity contribution is 5.48. The quantitative estimate of drug-likeness (QED) is 0.889. The van der Waals surface area contributed by atoms with Crippen LogP contribution in [0.1, 0.15) is 57.4 Å². The Labute approximate surface area is 153 Å². The van der Waals surface area contributed by atoms with Crippen molar-refractivity contribution in [3.8, 4) is 0 Å². The summed E-state index contributed by atoms with van der Waals surface area (Å²) in [6.45, 7) is 6.55. The molecule has 1 unspecified atom stereocenters. The average Bonchev–Trinajstić information content (AvgIpc) is 3.04. The maximum absolute atomic E-state index is 5.64. The first-order valence-electron chi connectivity index (χ1n) is 10.5. The number of benzene rings is 1. The molecular formula is C22H34N2O. The van der Waals surface area contributed by atoms with Crippen LogP contribution in [0.25, 0.3) is 0 Å². The van der Waals surface area contributed by atoms with Gasteiger partial charge in [-0.05, 0) is 68.1 Å². The molecule has 4 rings (SSSR count). The standard InChI is InChI=1S/C22H34N2O/c1-2-18-5-7-20(8-6-18)24-14-9-19(10-15-24)23-21-4-3-11-22(21)12-16-25-17-13-22/h5-8,19,21,23H,2-4,9-17H2,1H3. The molecule has 1 aromatic rings. The molecule has 0 aromatic heterocycles. The van der Waals surface area contributed by atoms with Gasteiger partial charge < -0.3 is 15.0 Å². The van der Waals surface area contributed by atoms with Gasteiger partial charge in [0.25, 0.3) is 0 Å². The smallest absolute Gasteiger partial charge is 0.0471 e. The summed E-state index contributed by atoms with van der Waals surface area (Å²) in [5.41, 5.74) is 3.38. The van der Waals surface area contributed by atoms with Gasteiger partial charge in [0.2, 0.25) is 0 Å². The number of nitrogens with zero attached hydrogens (tertiary/aromatic N) is 1. The molecule has 3 nitrogen and oxygen atoms in total. The fourth-order valence-electron chi connectivity index (χ4n) is 5.31. The Kier molecular flexibility index (Phi) is 5.33. The highest BCUT2D eigenvalue weighted by Gasteiger charge is 2.44. The molecule has 0 amide bonds. The molecule has 0 bridgehead atoms. The molecule has 1 atom stereocenters. The van der Waals surface area contributed by atoms with Crippen LogP contribution in [-0.2, 0) is 11.2 Å². The number of piperidine rings is 1. The summed E-state index contributed by atoms with van der Waals surface area (Å²) in [6.07, 6.45) is 10.4. The number of hydrogen-bond acceptors (Lipinski definition) is 3. The molecule has 3 heteroatoms. The minimum absolute atomic E-state index is 0.547. The van der Waals surface area contributed by atoms with E-state index in [2.05, 4.69) is 41.4 Å². The molecule has 1 aromatic carbocycles. The summed E-state index contributed by atoms with van der Waals surface area (Å²) >= 11 is 0. The Bertz CT molecular complexity index is 542. The third-order valence-electron chi connectivity index (χ3n) is 7.04. The van der Waals surface area contributed by atoms with Gasteiger partial charge >= 0.3 is 0 Å². The van der Waals surface area contributed by atoms with E-state index >= 15 is 0 Å². The van der Waals surface area contributed by atoms with Gasteiger partial charge in [-0.25, -0.2) is 0 Å². The number of aryl methyl sites for hydroxylation is 1. The van der Waals surface area contributed by atoms with E-state index in [0.717, 1.165) is 25.7 Å². The average molecular weight is 343 g/mol. The number of hydrogen-bond donors (Lipinski definition) is 1. The first-order chi connectivity index (χ1) is 12.3. The minimum Gasteiger partial charge on any atom is -0.381 e. The van der Waals surface area contributed by atoms with Gasteiger partial charge in [0.1, 0.15) is 0 Å². The molecule has 3 fully saturated rings. The second kappa shape index (κ2) is 7.67. The van der Waals surface area contributed by atoms with Crippen LogP contribution in [-0.4, -0.2) is 38.4 Å². The molecular weight excluding hydrogens is 308 g/mol. The van der Waals surface area contributed by atoms with E-state index in [-0.39, 0.29) is 0 Å². The summed E-state index contributed by atoms with van der Waals surface area (Å²) < 4.78 is 5.64. The van der Waals surface area contributed by atoms with E-state index in [4.69, 9.17) is 4.74 Å². The van der Waals surface area contributed by atoms with Crippen molar-refractivity contribution in [3.05, 3.63) is 29.8 Å². The van der Waals surface area contributed by atoms with E-state index in [0.29, 0.717) is 11.5 Å². The summed E-state index contributed by atoms with van der Waals surface area (Å²) in [5, 5.41) is 4.09. The van der Waals surface area contributed by atoms with Crippen LogP contribution >= 0.6 is 0 Å². The lowest BCUT2D eigenvalue weighted by Crippen LogP contribution is -2.51. The highest BCUT2D eigenvalue weighted by atomic mass is 16.5. The summed E-state index contributed by atoms with van der Waals surface area (Å²) in [5.74, 6) is 0. The molecule has 1 aliphatic carbocycles. The topological polar surface area (TPSA) is 24.5 Å². The van der Waals surface area contributed by atoms with Crippen LogP contribution in [0.15, 0.2) is 24.3 Å². The Balaban J connectivity index is 1.31. The SMILES string of the molecule is CCc1ccc(N2CCC(NC3CCCC34CCOCC4)CC2)cc1. The maximum Gasteiger partial charge on any atom is 0.0471 e. The molecule has 138 valence electrons. The van der Waals surface area contributed by atoms with Gasteiger partial charge in [0.05, 0.1) is 0 Å². The zero-order chi connectivity index (χ0) is 17.1. The molecule has 1 saturated carbocycles. The van der Waals surface area contributed by atoms with Crippen molar-refractivity contribution in [3.63, 3.8) is 0 Å². The normalized spacial score (nSPS) is 27.1. The van der Waals surface area contributed by atoms with Crippen LogP contribution in [0, 0.1) is 5.41 Å². The predicted octanol–water partition coefficient (Wildman–Crippen LogP) is 4.16. The van der Waals surface area contributed by atoms with Gasteiger partial charge in [0.15, 0.2) is 0 Å². The van der Waals surface area contributed by atoms with Crippen molar-refractivity contribution in [2.24, 2.45) is 5.41 Å². The van der Waals surface area contributed by atoms with Gasteiger partial charge in [0, 0.05) is 44.1 Å². The number of anilines is 1. The van der Waals surface area contributed by atoms with Crippen molar-refractivity contribution in [1.82, 2.24) is 5.32 Å². The Morgan fingerprint density at radius 1 is 1.04 bits per heavy atom. The molecule has 1 N–H and O–H groups in total. The van der Waals surface area contributed by atoms with Crippen molar-refractivity contribution >= 4 is 5.69 Å². The van der Waals surface area contributed by atoms with Crippen molar-refractivity contribution < 1.29 is 4.74 Å². The lowest BCUT2D eigenvalue weighted by Gasteiger charge is -2.42.